The molecule has 1 aromatic carbocycles. The minimum Gasteiger partial charge on any atom is -0.493 e. The zero-order valence-corrected chi connectivity index (χ0v) is 19.6. The van der Waals surface area contributed by atoms with E-state index < -0.39 is 0 Å². The molecule has 2 aliphatic heterocycles. The van der Waals surface area contributed by atoms with Crippen LogP contribution in [0.3, 0.4) is 0 Å². The predicted octanol–water partition coefficient (Wildman–Crippen LogP) is 4.05. The van der Waals surface area contributed by atoms with Crippen LogP contribution in [0.2, 0.25) is 0 Å². The van der Waals surface area contributed by atoms with Crippen LogP contribution in [-0.2, 0) is 6.42 Å². The van der Waals surface area contributed by atoms with Crippen LogP contribution in [0.1, 0.15) is 61.4 Å². The molecule has 1 aliphatic carbocycles. The SMILES string of the molecule is CC1CCCCC1Nc1nccc(N(CC2CCNCC2)C(=O)c2ccc3c(c2)CCO3)n1. The molecule has 2 aromatic rings. The molecule has 0 bridgehead atoms. The molecule has 0 spiro atoms. The van der Waals surface area contributed by atoms with Crippen LogP contribution in [-0.4, -0.2) is 48.2 Å². The molecule has 0 radical (unpaired) electrons. The fourth-order valence-electron chi connectivity index (χ4n) is 5.34. The first-order valence-corrected chi connectivity index (χ1v) is 12.6. The highest BCUT2D eigenvalue weighted by Crippen LogP contribution is 2.29. The first-order chi connectivity index (χ1) is 16.2. The van der Waals surface area contributed by atoms with Gasteiger partial charge >= 0.3 is 0 Å². The van der Waals surface area contributed by atoms with Gasteiger partial charge in [0.1, 0.15) is 11.6 Å². The molecule has 2 unspecified atom stereocenters. The Bertz CT molecular complexity index is 975. The Kier molecular flexibility index (Phi) is 6.76. The molecular weight excluding hydrogens is 414 g/mol. The van der Waals surface area contributed by atoms with Crippen molar-refractivity contribution in [3.8, 4) is 5.75 Å². The van der Waals surface area contributed by atoms with Gasteiger partial charge in [-0.3, -0.25) is 9.69 Å². The highest BCUT2D eigenvalue weighted by atomic mass is 16.5. The van der Waals surface area contributed by atoms with E-state index in [0.717, 1.165) is 50.1 Å². The van der Waals surface area contributed by atoms with Gasteiger partial charge in [0.05, 0.1) is 6.61 Å². The standard InChI is InChI=1S/C26H35N5O2/c1-18-4-2-3-5-22(18)29-26-28-14-10-24(30-26)31(17-19-8-12-27-13-9-19)25(32)21-6-7-23-20(16-21)11-15-33-23/h6-7,10,14,16,18-19,22,27H,2-5,8-9,11-13,15,17H2,1H3,(H,28,29,30). The number of anilines is 2. The summed E-state index contributed by atoms with van der Waals surface area (Å²) in [5, 5.41) is 6.98. The quantitative estimate of drug-likeness (QED) is 0.693. The second-order valence-electron chi connectivity index (χ2n) is 9.78. The molecule has 1 amide bonds. The molecule has 176 valence electrons. The largest absolute Gasteiger partial charge is 0.493 e. The van der Waals surface area contributed by atoms with Gasteiger partial charge in [0, 0.05) is 30.8 Å². The Morgan fingerprint density at radius 1 is 1.18 bits per heavy atom. The second kappa shape index (κ2) is 10.1. The fourth-order valence-corrected chi connectivity index (χ4v) is 5.34. The van der Waals surface area contributed by atoms with Gasteiger partial charge in [-0.15, -0.1) is 0 Å². The van der Waals surface area contributed by atoms with E-state index in [-0.39, 0.29) is 5.91 Å². The molecule has 5 rings (SSSR count). The maximum atomic E-state index is 13.8. The summed E-state index contributed by atoms with van der Waals surface area (Å²) in [6.45, 7) is 5.65. The van der Waals surface area contributed by atoms with Crippen molar-refractivity contribution < 1.29 is 9.53 Å². The topological polar surface area (TPSA) is 79.4 Å². The average molecular weight is 450 g/mol. The molecular formula is C26H35N5O2. The summed E-state index contributed by atoms with van der Waals surface area (Å²) in [6.07, 6.45) is 9.68. The van der Waals surface area contributed by atoms with Gasteiger partial charge in [0.2, 0.25) is 5.95 Å². The molecule has 1 saturated carbocycles. The van der Waals surface area contributed by atoms with E-state index in [2.05, 4.69) is 22.5 Å². The maximum absolute atomic E-state index is 13.8. The monoisotopic (exact) mass is 449 g/mol. The third kappa shape index (κ3) is 5.13. The smallest absolute Gasteiger partial charge is 0.259 e. The normalized spacial score (nSPS) is 22.9. The van der Waals surface area contributed by atoms with Crippen molar-refractivity contribution in [2.75, 3.05) is 36.5 Å². The number of piperidine rings is 1. The molecule has 3 heterocycles. The Balaban J connectivity index is 1.40. The van der Waals surface area contributed by atoms with E-state index in [9.17, 15) is 4.79 Å². The van der Waals surface area contributed by atoms with Gasteiger partial charge in [-0.1, -0.05) is 19.8 Å². The van der Waals surface area contributed by atoms with Gasteiger partial charge in [0.25, 0.3) is 5.91 Å². The lowest BCUT2D eigenvalue weighted by Crippen LogP contribution is -2.40. The number of nitrogens with zero attached hydrogens (tertiary/aromatic N) is 3. The van der Waals surface area contributed by atoms with Crippen LogP contribution in [0.4, 0.5) is 11.8 Å². The van der Waals surface area contributed by atoms with Crippen LogP contribution in [0.5, 0.6) is 5.75 Å². The average Bonchev–Trinajstić information content (AvgIpc) is 3.32. The summed E-state index contributed by atoms with van der Waals surface area (Å²) in [6, 6.07) is 8.05. The second-order valence-corrected chi connectivity index (χ2v) is 9.78. The number of hydrogen-bond donors (Lipinski definition) is 2. The number of benzene rings is 1. The lowest BCUT2D eigenvalue weighted by Gasteiger charge is -2.31. The molecule has 7 nitrogen and oxygen atoms in total. The van der Waals surface area contributed by atoms with E-state index in [0.29, 0.717) is 48.4 Å². The van der Waals surface area contributed by atoms with Crippen molar-refractivity contribution in [3.63, 3.8) is 0 Å². The highest BCUT2D eigenvalue weighted by molar-refractivity contribution is 6.05. The lowest BCUT2D eigenvalue weighted by molar-refractivity contribution is 0.0980. The Labute approximate surface area is 196 Å². The van der Waals surface area contributed by atoms with Gasteiger partial charge in [0.15, 0.2) is 0 Å². The molecule has 1 aromatic heterocycles. The first-order valence-electron chi connectivity index (χ1n) is 12.6. The Morgan fingerprint density at radius 3 is 2.88 bits per heavy atom. The molecule has 2 N–H and O–H groups in total. The lowest BCUT2D eigenvalue weighted by atomic mass is 9.86. The number of nitrogens with one attached hydrogen (secondary N) is 2. The van der Waals surface area contributed by atoms with Crippen LogP contribution >= 0.6 is 0 Å². The van der Waals surface area contributed by atoms with E-state index in [1.54, 1.807) is 6.20 Å². The number of aromatic nitrogens is 2. The predicted molar refractivity (Wildman–Crippen MR) is 130 cm³/mol. The van der Waals surface area contributed by atoms with Crippen molar-refractivity contribution in [1.82, 2.24) is 15.3 Å². The minimum atomic E-state index is -0.00100. The van der Waals surface area contributed by atoms with Gasteiger partial charge in [-0.25, -0.2) is 4.98 Å². The fraction of sp³-hybridized carbons (Fsp3) is 0.577. The van der Waals surface area contributed by atoms with Crippen molar-refractivity contribution in [2.24, 2.45) is 11.8 Å². The van der Waals surface area contributed by atoms with E-state index >= 15 is 0 Å². The number of amides is 1. The van der Waals surface area contributed by atoms with E-state index in [4.69, 9.17) is 9.72 Å². The number of hydrogen-bond acceptors (Lipinski definition) is 6. The highest BCUT2D eigenvalue weighted by Gasteiger charge is 2.27. The van der Waals surface area contributed by atoms with E-state index in [1.807, 2.05) is 29.2 Å². The maximum Gasteiger partial charge on any atom is 0.259 e. The van der Waals surface area contributed by atoms with Crippen molar-refractivity contribution in [2.45, 2.75) is 57.9 Å². The van der Waals surface area contributed by atoms with Crippen LogP contribution in [0.25, 0.3) is 0 Å². The van der Waals surface area contributed by atoms with Crippen molar-refractivity contribution in [1.29, 1.82) is 0 Å². The zero-order chi connectivity index (χ0) is 22.6. The molecule has 33 heavy (non-hydrogen) atoms. The summed E-state index contributed by atoms with van der Waals surface area (Å²) in [7, 11) is 0. The summed E-state index contributed by atoms with van der Waals surface area (Å²) >= 11 is 0. The zero-order valence-electron chi connectivity index (χ0n) is 19.6. The van der Waals surface area contributed by atoms with Gasteiger partial charge in [-0.2, -0.15) is 4.98 Å². The van der Waals surface area contributed by atoms with Gasteiger partial charge < -0.3 is 15.4 Å². The Hall–Kier alpha value is -2.67. The number of rotatable bonds is 6. The van der Waals surface area contributed by atoms with Gasteiger partial charge in [-0.05, 0) is 80.4 Å². The van der Waals surface area contributed by atoms with Crippen LogP contribution in [0, 0.1) is 11.8 Å². The molecule has 2 atom stereocenters. The molecule has 1 saturated heterocycles. The third-order valence-corrected chi connectivity index (χ3v) is 7.42. The van der Waals surface area contributed by atoms with Crippen LogP contribution in [0.15, 0.2) is 30.5 Å². The third-order valence-electron chi connectivity index (χ3n) is 7.42. The van der Waals surface area contributed by atoms with Crippen LogP contribution < -0.4 is 20.3 Å². The number of carbonyl (C=O) groups is 1. The van der Waals surface area contributed by atoms with E-state index in [1.165, 1.54) is 19.3 Å². The first kappa shape index (κ1) is 22.1. The summed E-state index contributed by atoms with van der Waals surface area (Å²) in [5.41, 5.74) is 1.81. The summed E-state index contributed by atoms with van der Waals surface area (Å²) < 4.78 is 5.64. The number of fused-ring (bicyclic) bond motifs is 1. The molecule has 7 heteroatoms. The van der Waals surface area contributed by atoms with Crippen molar-refractivity contribution in [3.05, 3.63) is 41.6 Å². The summed E-state index contributed by atoms with van der Waals surface area (Å²) in [4.78, 5) is 24.9. The number of carbonyl (C=O) groups excluding carboxylic acids is 1. The minimum absolute atomic E-state index is 0.00100. The molecule has 3 aliphatic rings. The number of ether oxygens (including phenoxy) is 1. The summed E-state index contributed by atoms with van der Waals surface area (Å²) in [5.74, 6) is 3.25. The molecule has 2 fully saturated rings. The van der Waals surface area contributed by atoms with Crippen molar-refractivity contribution >= 4 is 17.7 Å². The Morgan fingerprint density at radius 2 is 2.03 bits per heavy atom.